The molecule has 0 aromatic heterocycles. The minimum Gasteiger partial charge on any atom is -0.445 e. The zero-order chi connectivity index (χ0) is 65.7. The third-order valence-corrected chi connectivity index (χ3v) is 23.6. The summed E-state index contributed by atoms with van der Waals surface area (Å²) in [5.74, 6) is -0.545. The normalized spacial score (nSPS) is 28.4. The maximum Gasteiger partial charge on any atom is 0.490 e. The second-order valence-corrected chi connectivity index (χ2v) is 31.7. The molecule has 0 bridgehead atoms. The van der Waals surface area contributed by atoms with Crippen molar-refractivity contribution in [2.24, 2.45) is 0 Å². The van der Waals surface area contributed by atoms with Crippen LogP contribution in [0, 0.1) is 0 Å². The molecule has 0 spiro atoms. The van der Waals surface area contributed by atoms with Gasteiger partial charge in [0.25, 0.3) is 0 Å². The van der Waals surface area contributed by atoms with Gasteiger partial charge >= 0.3 is 14.9 Å². The number of hydrogen-bond acceptors (Lipinski definition) is 22. The summed E-state index contributed by atoms with van der Waals surface area (Å²) in [7, 11) is -3.13. The molecule has 3 fully saturated rings. The van der Waals surface area contributed by atoms with E-state index in [1.807, 2.05) is 44.2 Å². The van der Waals surface area contributed by atoms with Crippen molar-refractivity contribution in [1.29, 1.82) is 0 Å². The summed E-state index contributed by atoms with van der Waals surface area (Å²) in [6.45, 7) is 13.1. The Morgan fingerprint density at radius 2 is 1.23 bits per heavy atom. The summed E-state index contributed by atoms with van der Waals surface area (Å²) in [5.41, 5.74) is 1.43. The van der Waals surface area contributed by atoms with Crippen LogP contribution in [0.4, 0.5) is 4.79 Å². The van der Waals surface area contributed by atoms with Crippen LogP contribution in [0.2, 0.25) is 11.6 Å². The van der Waals surface area contributed by atoms with Gasteiger partial charge in [-0.15, -0.1) is 4.33 Å². The summed E-state index contributed by atoms with van der Waals surface area (Å²) in [5, 5.41) is 91.9. The largest absolute Gasteiger partial charge is 0.490 e. The van der Waals surface area contributed by atoms with Crippen molar-refractivity contribution in [3.05, 3.63) is 48.0 Å². The van der Waals surface area contributed by atoms with E-state index in [0.717, 1.165) is 37.3 Å². The molecule has 0 aliphatic carbocycles. The quantitative estimate of drug-likeness (QED) is 0.00741. The number of hydrogen-bond donors (Lipinski definition) is 9. The number of amides is 2. The second-order valence-electron chi connectivity index (χ2n) is 25.0. The van der Waals surface area contributed by atoms with Gasteiger partial charge < -0.3 is 87.4 Å². The van der Waals surface area contributed by atoms with Gasteiger partial charge in [-0.05, 0) is 83.7 Å². The average Bonchev–Trinajstić information content (AvgIpc) is 0.774. The van der Waals surface area contributed by atoms with Gasteiger partial charge in [-0.1, -0.05) is 164 Å². The fraction of sp³-hybridized carbons (Fsp3) is 0.844. The third kappa shape index (κ3) is 27.8. The van der Waals surface area contributed by atoms with Gasteiger partial charge in [0.05, 0.1) is 31.5 Å². The monoisotopic (exact) mass is 1340 g/mol. The summed E-state index contributed by atoms with van der Waals surface area (Å²) in [6, 6.07) is 9.13. The molecule has 0 radical (unpaired) electrons. The summed E-state index contributed by atoms with van der Waals surface area (Å²) < 4.78 is 58.2. The van der Waals surface area contributed by atoms with Crippen molar-refractivity contribution in [3.63, 3.8) is 0 Å². The first kappa shape index (κ1) is 80.2. The molecule has 90 heavy (non-hydrogen) atoms. The first-order chi connectivity index (χ1) is 43.4. The molecule has 1 aromatic rings. The van der Waals surface area contributed by atoms with E-state index in [9.17, 15) is 45.3 Å². The van der Waals surface area contributed by atoms with E-state index in [0.29, 0.717) is 50.2 Å². The number of carbonyl (C=O) groups excluding carboxylic acids is 2. The van der Waals surface area contributed by atoms with Crippen LogP contribution in [0.5, 0.6) is 0 Å². The van der Waals surface area contributed by atoms with Crippen LogP contribution in [-0.4, -0.2) is 207 Å². The van der Waals surface area contributed by atoms with Crippen molar-refractivity contribution >= 4 is 42.6 Å². The molecule has 4 rings (SSSR count). The average molecular weight is 1340 g/mol. The minimum atomic E-state index is -2.50. The van der Waals surface area contributed by atoms with Gasteiger partial charge in [0.15, 0.2) is 22.3 Å². The molecule has 2 amide bonds. The lowest BCUT2D eigenvalue weighted by Crippen LogP contribution is -2.70. The van der Waals surface area contributed by atoms with E-state index in [1.54, 1.807) is 4.90 Å². The Morgan fingerprint density at radius 1 is 0.689 bits per heavy atom. The lowest BCUT2D eigenvalue weighted by molar-refractivity contribution is -0.433. The topological polar surface area (TPSA) is 313 Å². The molecule has 3 aliphatic heterocycles. The molecule has 0 saturated carbocycles. The molecule has 3 saturated heterocycles. The highest BCUT2D eigenvalue weighted by Gasteiger charge is 2.58. The maximum atomic E-state index is 13.8. The zero-order valence-electron chi connectivity index (χ0n) is 55.1. The fourth-order valence-corrected chi connectivity index (χ4v) is 18.0. The molecule has 15 unspecified atom stereocenters. The van der Waals surface area contributed by atoms with E-state index in [1.165, 1.54) is 124 Å². The molecule has 3 heterocycles. The van der Waals surface area contributed by atoms with Gasteiger partial charge in [-0.25, -0.2) is 10.1 Å². The number of aliphatic hydroxyl groups excluding tert-OH is 7. The number of benzene rings is 1. The van der Waals surface area contributed by atoms with Gasteiger partial charge in [0.1, 0.15) is 66.3 Å². The molecule has 26 heteroatoms. The molecule has 9 N–H and O–H groups in total. The van der Waals surface area contributed by atoms with Crippen molar-refractivity contribution in [1.82, 2.24) is 10.2 Å². The Bertz CT molecular complexity index is 2060. The Hall–Kier alpha value is -2.24. The minimum absolute atomic E-state index is 0.0649. The zero-order valence-corrected chi connectivity index (χ0v) is 58.3. The SMILES string of the molecule is CCO[Si](CCCCCCCCCCCCCCCCCCCC/C=C/CCCN(CCCC1OC(CO)C(OC2OC(CO)C(O)C(C)(SOOO)C2O)C(OC2OC(C)C(O)C(O)C2O)C1NC(C)=O)C(=O)OCc1ccccc1)(OCC)O[SiH2]C(C)C. The van der Waals surface area contributed by atoms with Crippen molar-refractivity contribution in [2.75, 3.05) is 39.5 Å². The Balaban J connectivity index is 1.22. The Morgan fingerprint density at radius 3 is 1.78 bits per heavy atom. The first-order valence-corrected chi connectivity index (χ1v) is 37.8. The smallest absolute Gasteiger partial charge is 0.445 e. The summed E-state index contributed by atoms with van der Waals surface area (Å²) in [6.07, 6.45) is 10.4. The number of unbranched alkanes of at least 4 members (excludes halogenated alkanes) is 19. The van der Waals surface area contributed by atoms with Gasteiger partial charge in [-0.2, -0.15) is 0 Å². The van der Waals surface area contributed by atoms with Crippen LogP contribution < -0.4 is 5.32 Å². The second kappa shape index (κ2) is 45.2. The maximum absolute atomic E-state index is 13.8. The predicted molar refractivity (Wildman–Crippen MR) is 346 cm³/mol. The highest BCUT2D eigenvalue weighted by Crippen LogP contribution is 2.43. The van der Waals surface area contributed by atoms with Gasteiger partial charge in [0, 0.05) is 51.3 Å². The van der Waals surface area contributed by atoms with E-state index < -0.39 is 134 Å². The molecule has 522 valence electrons. The molecule has 15 atom stereocenters. The number of aliphatic hydroxyl groups is 7. The highest BCUT2D eigenvalue weighted by atomic mass is 32.2. The summed E-state index contributed by atoms with van der Waals surface area (Å²) in [4.78, 5) is 28.5. The van der Waals surface area contributed by atoms with Gasteiger partial charge in [-0.3, -0.25) is 4.79 Å². The number of rotatable bonds is 48. The van der Waals surface area contributed by atoms with E-state index in [2.05, 4.69) is 40.7 Å². The predicted octanol–water partition coefficient (Wildman–Crippen LogP) is 8.22. The van der Waals surface area contributed by atoms with Crippen molar-refractivity contribution in [2.45, 2.75) is 305 Å². The van der Waals surface area contributed by atoms with E-state index >= 15 is 0 Å². The number of nitrogens with one attached hydrogen (secondary N) is 1. The number of carbonyl (C=O) groups is 2. The van der Waals surface area contributed by atoms with Gasteiger partial charge in [0.2, 0.25) is 5.91 Å². The first-order valence-electron chi connectivity index (χ1n) is 33.7. The number of allylic oxidation sites excluding steroid dienone is 2. The molecule has 23 nitrogen and oxygen atoms in total. The lowest BCUT2D eigenvalue weighted by Gasteiger charge is -2.52. The molecular formula is C64H116N2O21SSi2. The Labute approximate surface area is 544 Å². The van der Waals surface area contributed by atoms with Crippen LogP contribution >= 0.6 is 12.0 Å². The third-order valence-electron chi connectivity index (χ3n) is 17.1. The van der Waals surface area contributed by atoms with E-state index in [4.69, 9.17) is 46.6 Å². The number of ether oxygens (including phenoxy) is 6. The molecular weight excluding hydrogens is 1220 g/mol. The Kier molecular flexibility index (Phi) is 40.3. The van der Waals surface area contributed by atoms with Crippen molar-refractivity contribution in [3.8, 4) is 0 Å². The fourth-order valence-electron chi connectivity index (χ4n) is 11.9. The molecule has 3 aliphatic rings. The van der Waals surface area contributed by atoms with Crippen LogP contribution in [0.3, 0.4) is 0 Å². The van der Waals surface area contributed by atoms with Crippen LogP contribution in [0.25, 0.3) is 0 Å². The van der Waals surface area contributed by atoms with E-state index in [-0.39, 0.29) is 19.6 Å². The lowest BCUT2D eigenvalue weighted by atomic mass is 9.88. The van der Waals surface area contributed by atoms with Crippen LogP contribution in [0.15, 0.2) is 42.5 Å². The molecule has 1 aromatic carbocycles. The van der Waals surface area contributed by atoms with Crippen molar-refractivity contribution < 1.29 is 101 Å². The number of nitrogens with zero attached hydrogens (tertiary/aromatic N) is 1. The highest BCUT2D eigenvalue weighted by molar-refractivity contribution is 7.96. The van der Waals surface area contributed by atoms with Crippen LogP contribution in [-0.2, 0) is 62.2 Å². The standard InChI is InChI=1S/C64H116N2O21SSi2/c1-8-78-90(79-9-2,87-89-46(3)4)42-35-30-28-26-24-22-20-18-16-14-12-10-11-13-15-17-19-21-23-25-27-29-34-40-66(63(75)77-45-49-37-32-31-33-38-49)41-36-39-50-53(65-48(6)69)58(84-61-56(72)55(71)54(70)47(5)80-61)57(51(43-67)81-50)83-62-60(74)64(7,88-86-85-76)59(73)52(44-68)82-62/h25,27,31-33,37-38,46-47,50-62,67-68,70-74,76H,8-24,26,28-30,34-36,39-45,89H2,1-7H3,(H,65,69)/b27-25+. The van der Waals surface area contributed by atoms with Crippen LogP contribution in [0.1, 0.15) is 202 Å². The summed E-state index contributed by atoms with van der Waals surface area (Å²) >= 11 is 0.320.